The van der Waals surface area contributed by atoms with E-state index in [1.807, 2.05) is 18.2 Å². The maximum atomic E-state index is 12.7. The predicted octanol–water partition coefficient (Wildman–Crippen LogP) is 3.20. The summed E-state index contributed by atoms with van der Waals surface area (Å²) in [5, 5.41) is 7.38. The van der Waals surface area contributed by atoms with Gasteiger partial charge < -0.3 is 15.4 Å². The van der Waals surface area contributed by atoms with Crippen molar-refractivity contribution in [2.45, 2.75) is 56.7 Å². The molecule has 0 radical (unpaired) electrons. The second kappa shape index (κ2) is 6.33. The highest BCUT2D eigenvalue weighted by atomic mass is 35.5. The van der Waals surface area contributed by atoms with Gasteiger partial charge in [-0.25, -0.2) is 0 Å². The number of hydrogen-bond donors (Lipinski definition) is 2. The highest BCUT2D eigenvalue weighted by molar-refractivity contribution is 6.32. The van der Waals surface area contributed by atoms with Crippen LogP contribution in [0.3, 0.4) is 0 Å². The summed E-state index contributed by atoms with van der Waals surface area (Å²) in [6, 6.07) is 6.22. The molecule has 23 heavy (non-hydrogen) atoms. The first-order valence-electron chi connectivity index (χ1n) is 8.70. The summed E-state index contributed by atoms with van der Waals surface area (Å²) in [7, 11) is 0. The second-order valence-electron chi connectivity index (χ2n) is 6.96. The van der Waals surface area contributed by atoms with E-state index in [0.717, 1.165) is 24.2 Å². The van der Waals surface area contributed by atoms with E-state index >= 15 is 0 Å². The molecular weight excluding hydrogens is 312 g/mol. The first-order valence-corrected chi connectivity index (χ1v) is 9.08. The third-order valence-corrected chi connectivity index (χ3v) is 5.82. The van der Waals surface area contributed by atoms with Crippen LogP contribution >= 0.6 is 11.6 Å². The molecular formula is C18H23ClN2O2. The van der Waals surface area contributed by atoms with E-state index in [0.29, 0.717) is 23.6 Å². The lowest BCUT2D eigenvalue weighted by Gasteiger charge is -2.28. The molecule has 1 amide bonds. The first-order chi connectivity index (χ1) is 11.2. The van der Waals surface area contributed by atoms with E-state index in [9.17, 15) is 4.79 Å². The zero-order valence-electron chi connectivity index (χ0n) is 13.2. The van der Waals surface area contributed by atoms with Crippen LogP contribution in [0, 0.1) is 5.92 Å². The van der Waals surface area contributed by atoms with Gasteiger partial charge in [0.15, 0.2) is 0 Å². The molecule has 2 N–H and O–H groups in total. The Hall–Kier alpha value is -1.26. The molecule has 1 saturated carbocycles. The van der Waals surface area contributed by atoms with Crippen molar-refractivity contribution in [1.82, 2.24) is 10.6 Å². The van der Waals surface area contributed by atoms with Crippen molar-refractivity contribution in [2.75, 3.05) is 6.61 Å². The molecule has 0 aromatic heterocycles. The number of fused-ring (bicyclic) bond motifs is 2. The molecule has 4 rings (SSSR count). The van der Waals surface area contributed by atoms with E-state index < -0.39 is 0 Å². The highest BCUT2D eigenvalue weighted by Gasteiger charge is 2.39. The lowest BCUT2D eigenvalue weighted by molar-refractivity contribution is -0.123. The minimum atomic E-state index is -0.0476. The van der Waals surface area contributed by atoms with Gasteiger partial charge in [-0.2, -0.15) is 0 Å². The van der Waals surface area contributed by atoms with E-state index in [4.69, 9.17) is 16.3 Å². The van der Waals surface area contributed by atoms with Crippen molar-refractivity contribution < 1.29 is 9.53 Å². The molecule has 5 heteroatoms. The number of carbonyl (C=O) groups is 1. The Labute approximate surface area is 141 Å². The molecule has 1 aliphatic carbocycles. The molecule has 2 aliphatic heterocycles. The Balaban J connectivity index is 1.45. The summed E-state index contributed by atoms with van der Waals surface area (Å²) >= 11 is 6.20. The third kappa shape index (κ3) is 2.94. The molecule has 2 heterocycles. The predicted molar refractivity (Wildman–Crippen MR) is 89.7 cm³/mol. The van der Waals surface area contributed by atoms with Gasteiger partial charge in [-0.1, -0.05) is 36.6 Å². The summed E-state index contributed by atoms with van der Waals surface area (Å²) in [6.45, 7) is 0.588. The van der Waals surface area contributed by atoms with Gasteiger partial charge in [0.05, 0.1) is 23.7 Å². The number of halogens is 1. The van der Waals surface area contributed by atoms with Crippen molar-refractivity contribution >= 4 is 17.5 Å². The van der Waals surface area contributed by atoms with Crippen LogP contribution in [0.15, 0.2) is 18.2 Å². The molecule has 2 fully saturated rings. The Morgan fingerprint density at radius 3 is 3.00 bits per heavy atom. The Morgan fingerprint density at radius 2 is 2.13 bits per heavy atom. The van der Waals surface area contributed by atoms with Crippen LogP contribution in [0.25, 0.3) is 0 Å². The SMILES string of the molecule is O=C(NC1CCOc2c(Cl)cccc21)C1CC2CCCCC2N1. The lowest BCUT2D eigenvalue weighted by Crippen LogP contribution is -2.45. The quantitative estimate of drug-likeness (QED) is 0.873. The van der Waals surface area contributed by atoms with Gasteiger partial charge >= 0.3 is 0 Å². The summed E-state index contributed by atoms with van der Waals surface area (Å²) in [6.07, 6.45) is 6.83. The van der Waals surface area contributed by atoms with Gasteiger partial charge in [0.25, 0.3) is 0 Å². The van der Waals surface area contributed by atoms with Gasteiger partial charge in [0.1, 0.15) is 5.75 Å². The lowest BCUT2D eigenvalue weighted by atomic mass is 9.85. The fraction of sp³-hybridized carbons (Fsp3) is 0.611. The first kappa shape index (κ1) is 15.3. The Morgan fingerprint density at radius 1 is 1.26 bits per heavy atom. The van der Waals surface area contributed by atoms with Gasteiger partial charge in [-0.05, 0) is 31.2 Å². The molecule has 1 aromatic carbocycles. The number of amides is 1. The zero-order chi connectivity index (χ0) is 15.8. The van der Waals surface area contributed by atoms with Crippen molar-refractivity contribution in [1.29, 1.82) is 0 Å². The molecule has 4 atom stereocenters. The summed E-state index contributed by atoms with van der Waals surface area (Å²) < 4.78 is 5.67. The molecule has 3 aliphatic rings. The number of rotatable bonds is 2. The van der Waals surface area contributed by atoms with Crippen LogP contribution in [0.2, 0.25) is 5.02 Å². The fourth-order valence-corrected chi connectivity index (χ4v) is 4.57. The third-order valence-electron chi connectivity index (χ3n) is 5.52. The summed E-state index contributed by atoms with van der Waals surface area (Å²) in [4.78, 5) is 12.7. The van der Waals surface area contributed by atoms with Crippen molar-refractivity contribution in [3.05, 3.63) is 28.8 Å². The van der Waals surface area contributed by atoms with Crippen LogP contribution in [0.5, 0.6) is 5.75 Å². The van der Waals surface area contributed by atoms with Gasteiger partial charge in [0, 0.05) is 18.0 Å². The smallest absolute Gasteiger partial charge is 0.237 e. The monoisotopic (exact) mass is 334 g/mol. The summed E-state index contributed by atoms with van der Waals surface area (Å²) in [5.41, 5.74) is 0.993. The van der Waals surface area contributed by atoms with E-state index in [1.54, 1.807) is 0 Å². The fourth-order valence-electron chi connectivity index (χ4n) is 4.33. The Kier molecular flexibility index (Phi) is 4.20. The van der Waals surface area contributed by atoms with E-state index in [2.05, 4.69) is 10.6 Å². The molecule has 0 spiro atoms. The topological polar surface area (TPSA) is 50.4 Å². The van der Waals surface area contributed by atoms with Crippen LogP contribution in [-0.4, -0.2) is 24.6 Å². The average Bonchev–Trinajstić information content (AvgIpc) is 3.00. The second-order valence-corrected chi connectivity index (χ2v) is 7.37. The van der Waals surface area contributed by atoms with Crippen LogP contribution in [0.1, 0.15) is 50.1 Å². The molecule has 4 nitrogen and oxygen atoms in total. The van der Waals surface area contributed by atoms with Crippen LogP contribution < -0.4 is 15.4 Å². The van der Waals surface area contributed by atoms with E-state index in [1.165, 1.54) is 25.7 Å². The number of benzene rings is 1. The summed E-state index contributed by atoms with van der Waals surface area (Å²) in [5.74, 6) is 1.52. The molecule has 1 saturated heterocycles. The maximum Gasteiger partial charge on any atom is 0.237 e. The molecule has 124 valence electrons. The van der Waals surface area contributed by atoms with E-state index in [-0.39, 0.29) is 18.0 Å². The minimum Gasteiger partial charge on any atom is -0.492 e. The zero-order valence-corrected chi connectivity index (χ0v) is 13.9. The van der Waals surface area contributed by atoms with Crippen molar-refractivity contribution in [3.8, 4) is 5.75 Å². The number of para-hydroxylation sites is 1. The average molecular weight is 335 g/mol. The standard InChI is InChI=1S/C18H23ClN2O2/c19-13-6-3-5-12-15(8-9-23-17(12)13)21-18(22)16-10-11-4-1-2-7-14(11)20-16/h3,5-6,11,14-16,20H,1-2,4,7-10H2,(H,21,22). The van der Waals surface area contributed by atoms with Crippen molar-refractivity contribution in [3.63, 3.8) is 0 Å². The van der Waals surface area contributed by atoms with Crippen LogP contribution in [-0.2, 0) is 4.79 Å². The largest absolute Gasteiger partial charge is 0.492 e. The van der Waals surface area contributed by atoms with Crippen LogP contribution in [0.4, 0.5) is 0 Å². The number of ether oxygens (including phenoxy) is 1. The number of nitrogens with one attached hydrogen (secondary N) is 2. The van der Waals surface area contributed by atoms with Gasteiger partial charge in [-0.15, -0.1) is 0 Å². The van der Waals surface area contributed by atoms with Gasteiger partial charge in [0.2, 0.25) is 5.91 Å². The molecule has 0 bridgehead atoms. The number of hydrogen-bond acceptors (Lipinski definition) is 3. The van der Waals surface area contributed by atoms with Crippen molar-refractivity contribution in [2.24, 2.45) is 5.92 Å². The molecule has 4 unspecified atom stereocenters. The minimum absolute atomic E-state index is 0.00521. The maximum absolute atomic E-state index is 12.7. The highest BCUT2D eigenvalue weighted by Crippen LogP contribution is 2.38. The normalized spacial score (nSPS) is 32.6. The number of carbonyl (C=O) groups excluding carboxylic acids is 1. The molecule has 1 aromatic rings. The van der Waals surface area contributed by atoms with Gasteiger partial charge in [-0.3, -0.25) is 4.79 Å². The Bertz CT molecular complexity index is 593.